The predicted molar refractivity (Wildman–Crippen MR) is 62.0 cm³/mol. The number of carbonyl (C=O) groups is 1. The van der Waals surface area contributed by atoms with Crippen molar-refractivity contribution < 1.29 is 4.79 Å². The van der Waals surface area contributed by atoms with Gasteiger partial charge in [-0.1, -0.05) is 18.2 Å². The molecule has 14 heavy (non-hydrogen) atoms. The summed E-state index contributed by atoms with van der Waals surface area (Å²) in [7, 11) is 0. The molecule has 0 N–H and O–H groups in total. The number of rotatable bonds is 5. The highest BCUT2D eigenvalue weighted by molar-refractivity contribution is 7.98. The summed E-state index contributed by atoms with van der Waals surface area (Å²) in [5.41, 5.74) is 0.804. The molecule has 74 valence electrons. The third kappa shape index (κ3) is 3.04. The van der Waals surface area contributed by atoms with Gasteiger partial charge in [0.2, 0.25) is 0 Å². The van der Waals surface area contributed by atoms with Crippen molar-refractivity contribution in [3.05, 3.63) is 42.5 Å². The van der Waals surface area contributed by atoms with Crippen molar-refractivity contribution in [1.82, 2.24) is 0 Å². The van der Waals surface area contributed by atoms with Crippen LogP contribution in [0.1, 0.15) is 23.2 Å². The van der Waals surface area contributed by atoms with Gasteiger partial charge in [-0.2, -0.15) is 0 Å². The molecule has 0 unspecified atom stereocenters. The fourth-order valence-electron chi connectivity index (χ4n) is 1.17. The van der Waals surface area contributed by atoms with Crippen LogP contribution in [0, 0.1) is 0 Å². The normalized spacial score (nSPS) is 9.79. The maximum Gasteiger partial charge on any atom is 0.163 e. The molecule has 0 aliphatic carbocycles. The highest BCUT2D eigenvalue weighted by Crippen LogP contribution is 2.17. The van der Waals surface area contributed by atoms with Gasteiger partial charge in [0.05, 0.1) is 0 Å². The van der Waals surface area contributed by atoms with Crippen molar-refractivity contribution in [3.63, 3.8) is 0 Å². The molecule has 0 saturated heterocycles. The first-order valence-corrected chi connectivity index (χ1v) is 5.78. The van der Waals surface area contributed by atoms with Crippen molar-refractivity contribution in [2.45, 2.75) is 17.7 Å². The van der Waals surface area contributed by atoms with Crippen LogP contribution in [0.4, 0.5) is 0 Å². The first-order valence-electron chi connectivity index (χ1n) is 4.56. The summed E-state index contributed by atoms with van der Waals surface area (Å²) in [4.78, 5) is 12.7. The maximum absolute atomic E-state index is 11.6. The van der Waals surface area contributed by atoms with Gasteiger partial charge in [-0.3, -0.25) is 4.79 Å². The molecule has 1 aromatic rings. The van der Waals surface area contributed by atoms with E-state index in [1.165, 1.54) is 0 Å². The van der Waals surface area contributed by atoms with E-state index in [4.69, 9.17) is 0 Å². The fourth-order valence-corrected chi connectivity index (χ4v) is 1.63. The fraction of sp³-hybridized carbons (Fsp3) is 0.250. The first-order chi connectivity index (χ1) is 6.77. The number of ketones is 1. The minimum absolute atomic E-state index is 0.195. The van der Waals surface area contributed by atoms with Gasteiger partial charge in [-0.15, -0.1) is 18.3 Å². The summed E-state index contributed by atoms with van der Waals surface area (Å²) in [6.07, 6.45) is 5.09. The molecule has 0 spiro atoms. The van der Waals surface area contributed by atoms with E-state index in [1.807, 2.05) is 30.5 Å². The van der Waals surface area contributed by atoms with Gasteiger partial charge < -0.3 is 0 Å². The number of benzene rings is 1. The summed E-state index contributed by atoms with van der Waals surface area (Å²) in [5, 5.41) is 0. The Labute approximate surface area is 89.2 Å². The lowest BCUT2D eigenvalue weighted by molar-refractivity contribution is 0.0983. The van der Waals surface area contributed by atoms with Gasteiger partial charge in [0.1, 0.15) is 0 Å². The van der Waals surface area contributed by atoms with Crippen LogP contribution >= 0.6 is 11.8 Å². The molecule has 0 atom stereocenters. The molecule has 0 amide bonds. The molecule has 1 aromatic carbocycles. The van der Waals surface area contributed by atoms with Gasteiger partial charge in [0.15, 0.2) is 5.78 Å². The van der Waals surface area contributed by atoms with Crippen LogP contribution in [0.25, 0.3) is 0 Å². The first kappa shape index (κ1) is 11.1. The number of Topliss-reactive ketones (excluding diaryl/α,β-unsaturated/α-hetero) is 1. The molecule has 2 heteroatoms. The molecule has 0 aliphatic rings. The van der Waals surface area contributed by atoms with E-state index < -0.39 is 0 Å². The van der Waals surface area contributed by atoms with E-state index in [-0.39, 0.29) is 5.78 Å². The van der Waals surface area contributed by atoms with Gasteiger partial charge in [-0.05, 0) is 24.8 Å². The Morgan fingerprint density at radius 3 is 3.00 bits per heavy atom. The van der Waals surface area contributed by atoms with Crippen molar-refractivity contribution in [2.75, 3.05) is 6.26 Å². The molecule has 0 radical (unpaired) electrons. The summed E-state index contributed by atoms with van der Waals surface area (Å²) >= 11 is 1.65. The average Bonchev–Trinajstić information content (AvgIpc) is 2.26. The van der Waals surface area contributed by atoms with Crippen LogP contribution in [0.3, 0.4) is 0 Å². The SMILES string of the molecule is C=CCCC(=O)c1cccc(SC)c1. The number of allylic oxidation sites excluding steroid dienone is 1. The van der Waals surface area contributed by atoms with Crippen LogP contribution in [-0.2, 0) is 0 Å². The Morgan fingerprint density at radius 1 is 1.57 bits per heavy atom. The Morgan fingerprint density at radius 2 is 2.36 bits per heavy atom. The van der Waals surface area contributed by atoms with Crippen molar-refractivity contribution in [1.29, 1.82) is 0 Å². The highest BCUT2D eigenvalue weighted by atomic mass is 32.2. The number of hydrogen-bond acceptors (Lipinski definition) is 2. The molecule has 0 aromatic heterocycles. The standard InChI is InChI=1S/C12H14OS/c1-3-4-8-12(13)10-6-5-7-11(9-10)14-2/h3,5-7,9H,1,4,8H2,2H3. The summed E-state index contributed by atoms with van der Waals surface area (Å²) in [6, 6.07) is 7.74. The van der Waals surface area contributed by atoms with Gasteiger partial charge in [-0.25, -0.2) is 0 Å². The zero-order chi connectivity index (χ0) is 10.4. The Bertz CT molecular complexity index is 331. The lowest BCUT2D eigenvalue weighted by Gasteiger charge is -2.01. The van der Waals surface area contributed by atoms with Gasteiger partial charge >= 0.3 is 0 Å². The maximum atomic E-state index is 11.6. The number of hydrogen-bond donors (Lipinski definition) is 0. The van der Waals surface area contributed by atoms with Crippen LogP contribution in [-0.4, -0.2) is 12.0 Å². The van der Waals surface area contributed by atoms with Crippen LogP contribution < -0.4 is 0 Å². The Kier molecular flexibility index (Phi) is 4.47. The topological polar surface area (TPSA) is 17.1 Å². The van der Waals surface area contributed by atoms with E-state index in [2.05, 4.69) is 6.58 Å². The highest BCUT2D eigenvalue weighted by Gasteiger charge is 2.04. The zero-order valence-corrected chi connectivity index (χ0v) is 9.14. The van der Waals surface area contributed by atoms with E-state index >= 15 is 0 Å². The Balaban J connectivity index is 2.73. The van der Waals surface area contributed by atoms with Crippen LogP contribution in [0.5, 0.6) is 0 Å². The second-order valence-electron chi connectivity index (χ2n) is 2.98. The molecule has 0 fully saturated rings. The van der Waals surface area contributed by atoms with Crippen molar-refractivity contribution in [3.8, 4) is 0 Å². The molecule has 1 rings (SSSR count). The Hall–Kier alpha value is -1.02. The smallest absolute Gasteiger partial charge is 0.163 e. The summed E-state index contributed by atoms with van der Waals surface area (Å²) in [5.74, 6) is 0.195. The lowest BCUT2D eigenvalue weighted by Crippen LogP contribution is -1.97. The average molecular weight is 206 g/mol. The van der Waals surface area contributed by atoms with Gasteiger partial charge in [0, 0.05) is 16.9 Å². The second kappa shape index (κ2) is 5.66. The molecule has 0 heterocycles. The minimum atomic E-state index is 0.195. The monoisotopic (exact) mass is 206 g/mol. The molecule has 1 nitrogen and oxygen atoms in total. The molecule has 0 bridgehead atoms. The molecular weight excluding hydrogens is 192 g/mol. The quantitative estimate of drug-likeness (QED) is 0.416. The summed E-state index contributed by atoms with van der Waals surface area (Å²) < 4.78 is 0. The number of thioether (sulfide) groups is 1. The summed E-state index contributed by atoms with van der Waals surface area (Å²) in [6.45, 7) is 3.60. The predicted octanol–water partition coefficient (Wildman–Crippen LogP) is 3.56. The van der Waals surface area contributed by atoms with E-state index in [1.54, 1.807) is 17.8 Å². The van der Waals surface area contributed by atoms with Crippen LogP contribution in [0.15, 0.2) is 41.8 Å². The zero-order valence-electron chi connectivity index (χ0n) is 8.32. The van der Waals surface area contributed by atoms with E-state index in [9.17, 15) is 4.79 Å². The third-order valence-electron chi connectivity index (χ3n) is 1.97. The lowest BCUT2D eigenvalue weighted by atomic mass is 10.1. The van der Waals surface area contributed by atoms with E-state index in [0.29, 0.717) is 6.42 Å². The minimum Gasteiger partial charge on any atom is -0.294 e. The largest absolute Gasteiger partial charge is 0.294 e. The number of carbonyl (C=O) groups excluding carboxylic acids is 1. The second-order valence-corrected chi connectivity index (χ2v) is 3.86. The van der Waals surface area contributed by atoms with Crippen LogP contribution in [0.2, 0.25) is 0 Å². The molecule has 0 saturated carbocycles. The van der Waals surface area contributed by atoms with Gasteiger partial charge in [0.25, 0.3) is 0 Å². The third-order valence-corrected chi connectivity index (χ3v) is 2.69. The molecular formula is C12H14OS. The van der Waals surface area contributed by atoms with E-state index in [0.717, 1.165) is 16.9 Å². The molecule has 0 aliphatic heterocycles. The van der Waals surface area contributed by atoms with Crippen molar-refractivity contribution >= 4 is 17.5 Å². The van der Waals surface area contributed by atoms with Crippen molar-refractivity contribution in [2.24, 2.45) is 0 Å².